The summed E-state index contributed by atoms with van der Waals surface area (Å²) in [6, 6.07) is 8.49. The van der Waals surface area contributed by atoms with Gasteiger partial charge in [0.15, 0.2) is 0 Å². The van der Waals surface area contributed by atoms with Gasteiger partial charge in [0.2, 0.25) is 0 Å². The molecule has 4 nitrogen and oxygen atoms in total. The molecule has 2 aliphatic rings. The van der Waals surface area contributed by atoms with Crippen LogP contribution in [-0.4, -0.2) is 34.2 Å². The van der Waals surface area contributed by atoms with Crippen molar-refractivity contribution < 1.29 is 10.2 Å². The van der Waals surface area contributed by atoms with Crippen molar-refractivity contribution in [3.8, 4) is 11.5 Å². The Bertz CT molecular complexity index is 1100. The molecule has 0 spiro atoms. The van der Waals surface area contributed by atoms with Crippen LogP contribution in [0.15, 0.2) is 34.3 Å². The van der Waals surface area contributed by atoms with Crippen LogP contribution < -0.4 is 0 Å². The molecule has 4 rings (SSSR count). The molecule has 3 unspecified atom stereocenters. The van der Waals surface area contributed by atoms with E-state index in [0.717, 1.165) is 80.0 Å². The fraction of sp³-hybridized carbons (Fsp3) is 0.548. The lowest BCUT2D eigenvalue weighted by Gasteiger charge is -2.28. The van der Waals surface area contributed by atoms with E-state index in [4.69, 9.17) is 9.98 Å². The molecule has 188 valence electrons. The molecule has 2 aliphatic carbocycles. The molecule has 2 fully saturated rings. The zero-order valence-corrected chi connectivity index (χ0v) is 22.0. The molecule has 4 heteroatoms. The number of aromatic hydroxyl groups is 2. The molecule has 0 aliphatic heterocycles. The van der Waals surface area contributed by atoms with Crippen molar-refractivity contribution in [1.82, 2.24) is 0 Å². The highest BCUT2D eigenvalue weighted by Crippen LogP contribution is 2.51. The topological polar surface area (TPSA) is 65.2 Å². The molecule has 2 aromatic carbocycles. The van der Waals surface area contributed by atoms with Gasteiger partial charge in [0.25, 0.3) is 0 Å². The first-order valence-electron chi connectivity index (χ1n) is 13.6. The first kappa shape index (κ1) is 25.5. The lowest BCUT2D eigenvalue weighted by atomic mass is 9.89. The first-order valence-corrected chi connectivity index (χ1v) is 13.6. The predicted octanol–water partition coefficient (Wildman–Crippen LogP) is 7.25. The largest absolute Gasteiger partial charge is 0.507 e. The maximum atomic E-state index is 10.7. The summed E-state index contributed by atoms with van der Waals surface area (Å²) in [5.74, 6) is 1.33. The highest BCUT2D eigenvalue weighted by molar-refractivity contribution is 5.86. The monoisotopic (exact) mass is 474 g/mol. The summed E-state index contributed by atoms with van der Waals surface area (Å²) in [7, 11) is 0. The summed E-state index contributed by atoms with van der Waals surface area (Å²) < 4.78 is 0. The van der Waals surface area contributed by atoms with Gasteiger partial charge in [-0.2, -0.15) is 0 Å². The molecule has 0 heterocycles. The summed E-state index contributed by atoms with van der Waals surface area (Å²) >= 11 is 0. The number of phenols is 2. The lowest BCUT2D eigenvalue weighted by Crippen LogP contribution is -2.34. The Hall–Kier alpha value is -2.62. The van der Waals surface area contributed by atoms with Crippen LogP contribution in [-0.2, 0) is 12.8 Å². The Morgan fingerprint density at radius 2 is 1.46 bits per heavy atom. The number of phenolic OH excluding ortho intramolecular Hbond substituents is 2. The third-order valence-corrected chi connectivity index (χ3v) is 8.08. The number of fused-ring (bicyclic) bond motifs is 2. The molecule has 2 N–H and O–H groups in total. The Morgan fingerprint density at radius 1 is 0.886 bits per heavy atom. The van der Waals surface area contributed by atoms with Gasteiger partial charge in [-0.15, -0.1) is 0 Å². The standard InChI is InChI=1S/C31H42N2O2/c1-5-7-9-23-13-21(3)29(34)26(15-23)19-32-28-17-25-11-12-31(28,18-25)33-20-27-16-24(10-8-6-2)14-22(4)30(27)35/h13-16,19-20,25,28,34-35H,5-12,17-18H2,1-4H3. The number of rotatable bonds is 10. The van der Waals surface area contributed by atoms with E-state index in [0.29, 0.717) is 17.4 Å². The maximum Gasteiger partial charge on any atom is 0.127 e. The average molecular weight is 475 g/mol. The van der Waals surface area contributed by atoms with Crippen molar-refractivity contribution in [3.05, 3.63) is 57.6 Å². The van der Waals surface area contributed by atoms with E-state index < -0.39 is 0 Å². The molecule has 0 amide bonds. The molecular weight excluding hydrogens is 432 g/mol. The molecule has 0 radical (unpaired) electrons. The fourth-order valence-corrected chi connectivity index (χ4v) is 5.98. The van der Waals surface area contributed by atoms with Crippen LogP contribution in [0, 0.1) is 19.8 Å². The smallest absolute Gasteiger partial charge is 0.127 e. The SMILES string of the molecule is CCCCc1cc(C)c(O)c(C=NC2CC3CCC2(N=Cc2cc(CCCC)cc(C)c2O)C3)c1. The molecular formula is C31H42N2O2. The van der Waals surface area contributed by atoms with Gasteiger partial charge in [0, 0.05) is 23.6 Å². The van der Waals surface area contributed by atoms with Crippen LogP contribution in [0.3, 0.4) is 0 Å². The normalized spacial score (nSPS) is 23.8. The van der Waals surface area contributed by atoms with Gasteiger partial charge in [0.05, 0.1) is 11.6 Å². The number of hydrogen-bond donors (Lipinski definition) is 2. The van der Waals surface area contributed by atoms with Crippen molar-refractivity contribution in [3.63, 3.8) is 0 Å². The second kappa shape index (κ2) is 11.0. The lowest BCUT2D eigenvalue weighted by molar-refractivity contribution is 0.367. The van der Waals surface area contributed by atoms with Crippen LogP contribution in [0.25, 0.3) is 0 Å². The van der Waals surface area contributed by atoms with Crippen LogP contribution in [0.5, 0.6) is 11.5 Å². The molecule has 2 aromatic rings. The van der Waals surface area contributed by atoms with E-state index in [9.17, 15) is 10.2 Å². The molecule has 3 atom stereocenters. The fourth-order valence-electron chi connectivity index (χ4n) is 5.98. The number of nitrogens with zero attached hydrogens (tertiary/aromatic N) is 2. The molecule has 2 saturated carbocycles. The predicted molar refractivity (Wildman–Crippen MR) is 147 cm³/mol. The number of benzene rings is 2. The van der Waals surface area contributed by atoms with Gasteiger partial charge < -0.3 is 10.2 Å². The van der Waals surface area contributed by atoms with E-state index >= 15 is 0 Å². The minimum atomic E-state index is -0.203. The van der Waals surface area contributed by atoms with Crippen LogP contribution >= 0.6 is 0 Å². The summed E-state index contributed by atoms with van der Waals surface area (Å²) in [5, 5.41) is 21.4. The van der Waals surface area contributed by atoms with Crippen LogP contribution in [0.2, 0.25) is 0 Å². The quantitative estimate of drug-likeness (QED) is 0.356. The van der Waals surface area contributed by atoms with Crippen LogP contribution in [0.1, 0.15) is 98.6 Å². The zero-order chi connectivity index (χ0) is 25.0. The molecule has 0 saturated heterocycles. The molecule has 35 heavy (non-hydrogen) atoms. The van der Waals surface area contributed by atoms with Crippen molar-refractivity contribution in [2.75, 3.05) is 0 Å². The van der Waals surface area contributed by atoms with Gasteiger partial charge in [-0.1, -0.05) is 38.8 Å². The van der Waals surface area contributed by atoms with Gasteiger partial charge >= 0.3 is 0 Å². The van der Waals surface area contributed by atoms with E-state index in [1.165, 1.54) is 17.5 Å². The van der Waals surface area contributed by atoms with E-state index in [-0.39, 0.29) is 11.6 Å². The number of aliphatic imine (C=N–C) groups is 2. The second-order valence-corrected chi connectivity index (χ2v) is 10.9. The Kier molecular flexibility index (Phi) is 7.98. The third kappa shape index (κ3) is 5.63. The Labute approximate surface area is 211 Å². The van der Waals surface area contributed by atoms with E-state index in [1.54, 1.807) is 0 Å². The second-order valence-electron chi connectivity index (χ2n) is 10.9. The van der Waals surface area contributed by atoms with Gasteiger partial charge in [-0.25, -0.2) is 0 Å². The van der Waals surface area contributed by atoms with Crippen molar-refractivity contribution in [2.24, 2.45) is 15.9 Å². The Morgan fingerprint density at radius 3 is 2.00 bits per heavy atom. The third-order valence-electron chi connectivity index (χ3n) is 8.08. The molecule has 2 bridgehead atoms. The number of aryl methyl sites for hydroxylation is 4. The zero-order valence-electron chi connectivity index (χ0n) is 22.0. The summed E-state index contributed by atoms with van der Waals surface area (Å²) in [6.45, 7) is 8.34. The number of unbranched alkanes of at least 4 members (excludes halogenated alkanes) is 2. The van der Waals surface area contributed by atoms with Gasteiger partial charge in [0.1, 0.15) is 11.5 Å². The molecule has 0 aromatic heterocycles. The van der Waals surface area contributed by atoms with E-state index in [2.05, 4.69) is 38.1 Å². The minimum absolute atomic E-state index is 0.114. The van der Waals surface area contributed by atoms with Gasteiger partial charge in [-0.3, -0.25) is 9.98 Å². The van der Waals surface area contributed by atoms with Crippen molar-refractivity contribution in [1.29, 1.82) is 0 Å². The minimum Gasteiger partial charge on any atom is -0.507 e. The first-order chi connectivity index (χ1) is 16.8. The summed E-state index contributed by atoms with van der Waals surface area (Å²) in [6.07, 6.45) is 14.8. The van der Waals surface area contributed by atoms with Crippen molar-refractivity contribution >= 4 is 12.4 Å². The highest BCUT2D eigenvalue weighted by atomic mass is 16.3. The summed E-state index contributed by atoms with van der Waals surface area (Å²) in [5.41, 5.74) is 5.78. The average Bonchev–Trinajstić information content (AvgIpc) is 3.42. The highest BCUT2D eigenvalue weighted by Gasteiger charge is 2.52. The number of hydrogen-bond acceptors (Lipinski definition) is 4. The summed E-state index contributed by atoms with van der Waals surface area (Å²) in [4.78, 5) is 10.2. The Balaban J connectivity index is 1.58. The maximum absolute atomic E-state index is 10.7. The van der Waals surface area contributed by atoms with Gasteiger partial charge in [-0.05, 0) is 106 Å². The van der Waals surface area contributed by atoms with Crippen LogP contribution in [0.4, 0.5) is 0 Å². The van der Waals surface area contributed by atoms with Crippen molar-refractivity contribution in [2.45, 2.75) is 103 Å². The van der Waals surface area contributed by atoms with E-state index in [1.807, 2.05) is 26.3 Å².